The second kappa shape index (κ2) is 8.16. The summed E-state index contributed by atoms with van der Waals surface area (Å²) < 4.78 is 33.9. The highest BCUT2D eigenvalue weighted by Crippen LogP contribution is 2.32. The Balaban J connectivity index is 1.92. The summed E-state index contributed by atoms with van der Waals surface area (Å²) in [5.74, 6) is 0.867. The van der Waals surface area contributed by atoms with Crippen LogP contribution in [-0.2, 0) is 10.0 Å². The van der Waals surface area contributed by atoms with E-state index >= 15 is 0 Å². The first-order chi connectivity index (χ1) is 13.3. The Labute approximate surface area is 169 Å². The van der Waals surface area contributed by atoms with Crippen molar-refractivity contribution in [1.82, 2.24) is 9.97 Å². The molecule has 0 bridgehead atoms. The molecule has 0 aliphatic rings. The highest BCUT2D eigenvalue weighted by molar-refractivity contribution is 7.92. The van der Waals surface area contributed by atoms with E-state index in [1.165, 1.54) is 12.3 Å². The number of anilines is 1. The zero-order chi connectivity index (χ0) is 20.3. The molecule has 146 valence electrons. The van der Waals surface area contributed by atoms with Crippen molar-refractivity contribution in [3.05, 3.63) is 71.1 Å². The maximum atomic E-state index is 12.8. The highest BCUT2D eigenvalue weighted by Gasteiger charge is 2.19. The molecule has 0 aliphatic carbocycles. The van der Waals surface area contributed by atoms with Crippen LogP contribution in [0.5, 0.6) is 11.6 Å². The average Bonchev–Trinajstić information content (AvgIpc) is 2.65. The van der Waals surface area contributed by atoms with Gasteiger partial charge in [-0.25, -0.2) is 13.4 Å². The summed E-state index contributed by atoms with van der Waals surface area (Å²) in [7, 11) is -3.84. The van der Waals surface area contributed by atoms with E-state index < -0.39 is 10.0 Å². The van der Waals surface area contributed by atoms with Crippen molar-refractivity contribution in [2.45, 2.75) is 31.6 Å². The zero-order valence-electron chi connectivity index (χ0n) is 15.7. The lowest BCUT2D eigenvalue weighted by molar-refractivity contribution is 0.459. The average molecular weight is 418 g/mol. The monoisotopic (exact) mass is 417 g/mol. The fourth-order valence-corrected chi connectivity index (χ4v) is 3.70. The van der Waals surface area contributed by atoms with Crippen LogP contribution in [0.15, 0.2) is 59.8 Å². The van der Waals surface area contributed by atoms with E-state index in [4.69, 9.17) is 16.3 Å². The Morgan fingerprint density at radius 2 is 1.82 bits per heavy atom. The Morgan fingerprint density at radius 1 is 1.11 bits per heavy atom. The number of halogens is 1. The van der Waals surface area contributed by atoms with Gasteiger partial charge in [-0.2, -0.15) is 0 Å². The fourth-order valence-electron chi connectivity index (χ4n) is 2.50. The molecule has 8 heteroatoms. The summed E-state index contributed by atoms with van der Waals surface area (Å²) >= 11 is 6.02. The molecule has 1 aromatic carbocycles. The van der Waals surface area contributed by atoms with Crippen LogP contribution in [0.25, 0.3) is 0 Å². The Kier molecular flexibility index (Phi) is 5.86. The normalized spacial score (nSPS) is 11.5. The van der Waals surface area contributed by atoms with Gasteiger partial charge in [-0.15, -0.1) is 0 Å². The molecule has 3 aromatic rings. The summed E-state index contributed by atoms with van der Waals surface area (Å²) in [5.41, 5.74) is 1.85. The van der Waals surface area contributed by atoms with Gasteiger partial charge in [-0.1, -0.05) is 37.6 Å². The van der Waals surface area contributed by atoms with Crippen molar-refractivity contribution < 1.29 is 13.2 Å². The molecule has 0 saturated carbocycles. The first kappa shape index (κ1) is 20.1. The Hall–Kier alpha value is -2.64. The topological polar surface area (TPSA) is 81.2 Å². The maximum Gasteiger partial charge on any atom is 0.262 e. The van der Waals surface area contributed by atoms with E-state index in [1.54, 1.807) is 49.5 Å². The molecule has 0 saturated heterocycles. The van der Waals surface area contributed by atoms with Crippen LogP contribution in [0.4, 0.5) is 5.69 Å². The molecule has 0 radical (unpaired) electrons. The van der Waals surface area contributed by atoms with Gasteiger partial charge in [0.05, 0.1) is 15.6 Å². The van der Waals surface area contributed by atoms with Crippen molar-refractivity contribution in [1.29, 1.82) is 0 Å². The van der Waals surface area contributed by atoms with Crippen molar-refractivity contribution in [2.75, 3.05) is 4.72 Å². The van der Waals surface area contributed by atoms with Crippen LogP contribution in [0, 0.1) is 6.92 Å². The van der Waals surface area contributed by atoms with E-state index in [-0.39, 0.29) is 21.5 Å². The van der Waals surface area contributed by atoms with Gasteiger partial charge in [0.15, 0.2) is 5.75 Å². The molecular weight excluding hydrogens is 398 g/mol. The number of aryl methyl sites for hydroxylation is 1. The second-order valence-electron chi connectivity index (χ2n) is 6.52. The molecule has 1 N–H and O–H groups in total. The summed E-state index contributed by atoms with van der Waals surface area (Å²) in [6, 6.07) is 11.6. The van der Waals surface area contributed by atoms with Gasteiger partial charge in [0, 0.05) is 12.4 Å². The molecule has 0 fully saturated rings. The Morgan fingerprint density at radius 3 is 2.46 bits per heavy atom. The molecule has 6 nitrogen and oxygen atoms in total. The molecule has 0 amide bonds. The minimum absolute atomic E-state index is 0.0860. The molecule has 2 aromatic heterocycles. The number of sulfonamides is 1. The predicted octanol–water partition coefficient (Wildman–Crippen LogP) is 5.15. The van der Waals surface area contributed by atoms with Gasteiger partial charge in [0.1, 0.15) is 5.69 Å². The summed E-state index contributed by atoms with van der Waals surface area (Å²) in [4.78, 5) is 8.41. The lowest BCUT2D eigenvalue weighted by atomic mass is 10.0. The highest BCUT2D eigenvalue weighted by atomic mass is 35.5. The van der Waals surface area contributed by atoms with Gasteiger partial charge in [0.25, 0.3) is 10.0 Å². The van der Waals surface area contributed by atoms with Gasteiger partial charge in [0.2, 0.25) is 5.88 Å². The summed E-state index contributed by atoms with van der Waals surface area (Å²) in [5, 5.41) is 0.281. The van der Waals surface area contributed by atoms with Crippen molar-refractivity contribution >= 4 is 27.3 Å². The molecule has 0 atom stereocenters. The smallest absolute Gasteiger partial charge is 0.262 e. The number of hydrogen-bond donors (Lipinski definition) is 1. The van der Waals surface area contributed by atoms with Crippen LogP contribution in [0.2, 0.25) is 5.02 Å². The number of ether oxygens (including phenoxy) is 1. The van der Waals surface area contributed by atoms with E-state index in [0.29, 0.717) is 17.4 Å². The minimum Gasteiger partial charge on any atom is -0.435 e. The van der Waals surface area contributed by atoms with Crippen LogP contribution >= 0.6 is 11.6 Å². The van der Waals surface area contributed by atoms with E-state index in [9.17, 15) is 8.42 Å². The lowest BCUT2D eigenvalue weighted by Gasteiger charge is -2.14. The van der Waals surface area contributed by atoms with Gasteiger partial charge in [-0.3, -0.25) is 9.71 Å². The number of aromatic nitrogens is 2. The van der Waals surface area contributed by atoms with Gasteiger partial charge in [-0.05, 0) is 48.7 Å². The number of nitrogens with zero attached hydrogens (tertiary/aromatic N) is 2. The fraction of sp³-hybridized carbons (Fsp3) is 0.200. The number of hydrogen-bond acceptors (Lipinski definition) is 5. The van der Waals surface area contributed by atoms with Crippen LogP contribution in [0.3, 0.4) is 0 Å². The standard InChI is InChI=1S/C20H20ClN3O3S/c1-13(2)15-6-8-17(9-7-15)28(25,26)24-18-11-16(21)12-23-20(18)27-19-5-4-10-22-14(19)3/h4-13,24H,1-3H3. The Bertz CT molecular complexity index is 1080. The lowest BCUT2D eigenvalue weighted by Crippen LogP contribution is -2.14. The molecule has 0 aliphatic heterocycles. The molecule has 28 heavy (non-hydrogen) atoms. The number of pyridine rings is 2. The van der Waals surface area contributed by atoms with Crippen molar-refractivity contribution in [2.24, 2.45) is 0 Å². The largest absolute Gasteiger partial charge is 0.435 e. The van der Waals surface area contributed by atoms with Crippen LogP contribution in [0.1, 0.15) is 31.0 Å². The first-order valence-electron chi connectivity index (χ1n) is 8.64. The zero-order valence-corrected chi connectivity index (χ0v) is 17.3. The predicted molar refractivity (Wildman–Crippen MR) is 110 cm³/mol. The molecule has 0 spiro atoms. The molecule has 3 rings (SSSR count). The first-order valence-corrected chi connectivity index (χ1v) is 10.5. The number of nitrogens with one attached hydrogen (secondary N) is 1. The number of benzene rings is 1. The van der Waals surface area contributed by atoms with E-state index in [2.05, 4.69) is 14.7 Å². The van der Waals surface area contributed by atoms with E-state index in [0.717, 1.165) is 5.56 Å². The molecule has 0 unspecified atom stereocenters. The van der Waals surface area contributed by atoms with Crippen molar-refractivity contribution in [3.63, 3.8) is 0 Å². The maximum absolute atomic E-state index is 12.8. The van der Waals surface area contributed by atoms with Crippen LogP contribution in [-0.4, -0.2) is 18.4 Å². The van der Waals surface area contributed by atoms with Gasteiger partial charge < -0.3 is 4.74 Å². The third-order valence-electron chi connectivity index (χ3n) is 4.08. The number of rotatable bonds is 6. The third kappa shape index (κ3) is 4.61. The van der Waals surface area contributed by atoms with Crippen molar-refractivity contribution in [3.8, 4) is 11.6 Å². The minimum atomic E-state index is -3.84. The summed E-state index contributed by atoms with van der Waals surface area (Å²) in [6.45, 7) is 5.87. The summed E-state index contributed by atoms with van der Waals surface area (Å²) in [6.07, 6.45) is 3.03. The third-order valence-corrected chi connectivity index (χ3v) is 5.67. The van der Waals surface area contributed by atoms with Crippen LogP contribution < -0.4 is 9.46 Å². The molecular formula is C20H20ClN3O3S. The second-order valence-corrected chi connectivity index (χ2v) is 8.64. The molecule has 2 heterocycles. The SMILES string of the molecule is Cc1ncccc1Oc1ncc(Cl)cc1NS(=O)(=O)c1ccc(C(C)C)cc1. The van der Waals surface area contributed by atoms with Gasteiger partial charge >= 0.3 is 0 Å². The van der Waals surface area contributed by atoms with E-state index in [1.807, 2.05) is 13.8 Å². The quantitative estimate of drug-likeness (QED) is 0.599.